The molecule has 162 valence electrons. The quantitative estimate of drug-likeness (QED) is 0.448. The fourth-order valence-corrected chi connectivity index (χ4v) is 3.61. The van der Waals surface area contributed by atoms with Gasteiger partial charge in [-0.2, -0.15) is 0 Å². The molecule has 1 aromatic carbocycles. The summed E-state index contributed by atoms with van der Waals surface area (Å²) in [5.74, 6) is -0.502. The highest BCUT2D eigenvalue weighted by molar-refractivity contribution is 5.86. The van der Waals surface area contributed by atoms with Crippen molar-refractivity contribution in [1.29, 1.82) is 0 Å². The second-order valence-corrected chi connectivity index (χ2v) is 8.79. The van der Waals surface area contributed by atoms with E-state index in [1.54, 1.807) is 32.9 Å². The summed E-state index contributed by atoms with van der Waals surface area (Å²) in [6.45, 7) is 9.04. The maximum absolute atomic E-state index is 12.8. The number of amides is 1. The normalized spacial score (nSPS) is 15.4. The number of esters is 1. The second-order valence-electron chi connectivity index (χ2n) is 8.79. The molecule has 3 rings (SSSR count). The Balaban J connectivity index is 1.81. The van der Waals surface area contributed by atoms with Gasteiger partial charge in [0.2, 0.25) is 0 Å². The van der Waals surface area contributed by atoms with E-state index in [4.69, 9.17) is 13.9 Å². The summed E-state index contributed by atoms with van der Waals surface area (Å²) < 4.78 is 16.2. The lowest BCUT2D eigenvalue weighted by Gasteiger charge is -2.25. The minimum atomic E-state index is -0.868. The Morgan fingerprint density at radius 1 is 1.20 bits per heavy atom. The van der Waals surface area contributed by atoms with Gasteiger partial charge in [-0.15, -0.1) is 0 Å². The number of hydrogen-bond donors (Lipinski definition) is 1. The lowest BCUT2D eigenvalue weighted by Crippen LogP contribution is -2.48. The van der Waals surface area contributed by atoms with Crippen molar-refractivity contribution in [2.24, 2.45) is 5.92 Å². The van der Waals surface area contributed by atoms with Crippen molar-refractivity contribution >= 4 is 23.0 Å². The van der Waals surface area contributed by atoms with Crippen LogP contribution in [0.15, 0.2) is 27.4 Å². The van der Waals surface area contributed by atoms with Gasteiger partial charge in [0.05, 0.1) is 0 Å². The van der Waals surface area contributed by atoms with Crippen molar-refractivity contribution in [3.05, 3.63) is 39.7 Å². The molecule has 0 bridgehead atoms. The number of carbonyl (C=O) groups excluding carboxylic acids is 2. The number of fused-ring (bicyclic) bond motifs is 3. The van der Waals surface area contributed by atoms with Crippen LogP contribution in [0.5, 0.6) is 5.75 Å². The first-order valence-electron chi connectivity index (χ1n) is 10.4. The molecule has 7 nitrogen and oxygen atoms in total. The number of rotatable bonds is 5. The first-order chi connectivity index (χ1) is 14.1. The van der Waals surface area contributed by atoms with E-state index >= 15 is 0 Å². The van der Waals surface area contributed by atoms with Gasteiger partial charge in [0.15, 0.2) is 0 Å². The maximum atomic E-state index is 12.8. The van der Waals surface area contributed by atoms with E-state index in [9.17, 15) is 14.4 Å². The summed E-state index contributed by atoms with van der Waals surface area (Å²) in [4.78, 5) is 37.2. The molecule has 0 radical (unpaired) electrons. The van der Waals surface area contributed by atoms with Crippen LogP contribution in [0, 0.1) is 5.92 Å². The minimum Gasteiger partial charge on any atom is -0.444 e. The van der Waals surface area contributed by atoms with Crippen molar-refractivity contribution in [1.82, 2.24) is 5.32 Å². The Morgan fingerprint density at radius 3 is 2.57 bits per heavy atom. The summed E-state index contributed by atoms with van der Waals surface area (Å²) in [7, 11) is 0. The SMILES string of the molecule is CCC(C)C(NC(=O)OC(C)(C)C)C(=O)Oc1ccc2c3c(c(=O)oc2c1)CCC3. The van der Waals surface area contributed by atoms with Gasteiger partial charge < -0.3 is 19.2 Å². The lowest BCUT2D eigenvalue weighted by molar-refractivity contribution is -0.138. The summed E-state index contributed by atoms with van der Waals surface area (Å²) in [5.41, 5.74) is 1.15. The van der Waals surface area contributed by atoms with E-state index in [2.05, 4.69) is 5.32 Å². The number of hydrogen-bond acceptors (Lipinski definition) is 6. The highest BCUT2D eigenvalue weighted by Crippen LogP contribution is 2.30. The average molecular weight is 415 g/mol. The predicted molar refractivity (Wildman–Crippen MR) is 113 cm³/mol. The Labute approximate surface area is 175 Å². The van der Waals surface area contributed by atoms with E-state index < -0.39 is 23.7 Å². The molecule has 2 aromatic rings. The Bertz CT molecular complexity index is 1020. The molecule has 0 fully saturated rings. The number of alkyl carbamates (subject to hydrolysis) is 1. The predicted octanol–water partition coefficient (Wildman–Crippen LogP) is 4.13. The lowest BCUT2D eigenvalue weighted by atomic mass is 9.99. The topological polar surface area (TPSA) is 94.8 Å². The summed E-state index contributed by atoms with van der Waals surface area (Å²) in [6.07, 6.45) is 2.49. The third-order valence-corrected chi connectivity index (χ3v) is 5.30. The molecule has 0 spiro atoms. The van der Waals surface area contributed by atoms with Crippen molar-refractivity contribution < 1.29 is 23.5 Å². The van der Waals surface area contributed by atoms with Crippen molar-refractivity contribution in [2.45, 2.75) is 71.9 Å². The Morgan fingerprint density at radius 2 is 1.90 bits per heavy atom. The zero-order valence-corrected chi connectivity index (χ0v) is 18.2. The van der Waals surface area contributed by atoms with E-state index in [0.29, 0.717) is 12.0 Å². The van der Waals surface area contributed by atoms with Crippen LogP contribution in [0.25, 0.3) is 11.0 Å². The van der Waals surface area contributed by atoms with E-state index in [1.165, 1.54) is 0 Å². The molecule has 0 aliphatic heterocycles. The van der Waals surface area contributed by atoms with Crippen molar-refractivity contribution in [3.8, 4) is 5.75 Å². The smallest absolute Gasteiger partial charge is 0.408 e. The molecule has 30 heavy (non-hydrogen) atoms. The summed E-state index contributed by atoms with van der Waals surface area (Å²) >= 11 is 0. The number of benzene rings is 1. The first-order valence-corrected chi connectivity index (χ1v) is 10.4. The number of ether oxygens (including phenoxy) is 2. The molecular formula is C23H29NO6. The van der Waals surface area contributed by atoms with E-state index in [0.717, 1.165) is 35.8 Å². The zero-order chi connectivity index (χ0) is 22.1. The molecule has 1 heterocycles. The fraction of sp³-hybridized carbons (Fsp3) is 0.522. The maximum Gasteiger partial charge on any atom is 0.408 e. The highest BCUT2D eigenvalue weighted by atomic mass is 16.6. The molecule has 1 aromatic heterocycles. The third-order valence-electron chi connectivity index (χ3n) is 5.30. The molecule has 2 unspecified atom stereocenters. The van der Waals surface area contributed by atoms with Crippen LogP contribution >= 0.6 is 0 Å². The Kier molecular flexibility index (Phi) is 6.19. The van der Waals surface area contributed by atoms with Gasteiger partial charge >= 0.3 is 17.7 Å². The van der Waals surface area contributed by atoms with E-state index in [1.807, 2.05) is 19.9 Å². The summed E-state index contributed by atoms with van der Waals surface area (Å²) in [5, 5.41) is 3.48. The highest BCUT2D eigenvalue weighted by Gasteiger charge is 2.30. The number of nitrogens with one attached hydrogen (secondary N) is 1. The first kappa shape index (κ1) is 21.9. The molecule has 1 amide bonds. The van der Waals surface area contributed by atoms with Gasteiger partial charge in [0.25, 0.3) is 0 Å². The summed E-state index contributed by atoms with van der Waals surface area (Å²) in [6, 6.07) is 4.17. The molecule has 1 N–H and O–H groups in total. The van der Waals surface area contributed by atoms with Crippen LogP contribution in [-0.2, 0) is 22.4 Å². The largest absolute Gasteiger partial charge is 0.444 e. The molecular weight excluding hydrogens is 386 g/mol. The molecule has 1 aliphatic rings. The van der Waals surface area contributed by atoms with Crippen molar-refractivity contribution in [3.63, 3.8) is 0 Å². The van der Waals surface area contributed by atoms with Gasteiger partial charge in [-0.3, -0.25) is 0 Å². The number of carbonyl (C=O) groups is 2. The minimum absolute atomic E-state index is 0.160. The third kappa shape index (κ3) is 4.83. The van der Waals surface area contributed by atoms with Gasteiger partial charge in [0.1, 0.15) is 23.0 Å². The fourth-order valence-electron chi connectivity index (χ4n) is 3.61. The standard InChI is InChI=1S/C23H29NO6/c1-6-13(2)19(24-22(27)30-23(3,4)5)21(26)28-14-10-11-16-15-8-7-9-17(15)20(25)29-18(16)12-14/h10-13,19H,6-9H2,1-5H3,(H,24,27). The van der Waals surface area contributed by atoms with Crippen LogP contribution in [0.3, 0.4) is 0 Å². The van der Waals surface area contributed by atoms with E-state index in [-0.39, 0.29) is 17.3 Å². The Hall–Kier alpha value is -2.83. The molecule has 0 saturated heterocycles. The van der Waals surface area contributed by atoms with Crippen LogP contribution in [0.2, 0.25) is 0 Å². The molecule has 1 aliphatic carbocycles. The number of aryl methyl sites for hydroxylation is 1. The van der Waals surface area contributed by atoms with Crippen LogP contribution in [-0.4, -0.2) is 23.7 Å². The van der Waals surface area contributed by atoms with Gasteiger partial charge in [-0.05, 0) is 63.6 Å². The van der Waals surface area contributed by atoms with Crippen LogP contribution in [0.1, 0.15) is 58.6 Å². The van der Waals surface area contributed by atoms with Gasteiger partial charge in [-0.1, -0.05) is 20.3 Å². The second kappa shape index (κ2) is 8.50. The average Bonchev–Trinajstić information content (AvgIpc) is 3.14. The molecule has 7 heteroatoms. The monoisotopic (exact) mass is 415 g/mol. The van der Waals surface area contributed by atoms with Gasteiger partial charge in [-0.25, -0.2) is 14.4 Å². The van der Waals surface area contributed by atoms with Crippen LogP contribution in [0.4, 0.5) is 4.79 Å². The molecule has 2 atom stereocenters. The molecule has 0 saturated carbocycles. The van der Waals surface area contributed by atoms with Gasteiger partial charge in [0, 0.05) is 17.0 Å². The van der Waals surface area contributed by atoms with Crippen LogP contribution < -0.4 is 15.7 Å². The van der Waals surface area contributed by atoms with Crippen molar-refractivity contribution in [2.75, 3.05) is 0 Å². The zero-order valence-electron chi connectivity index (χ0n) is 18.2.